The van der Waals surface area contributed by atoms with Gasteiger partial charge >= 0.3 is 0 Å². The fraction of sp³-hybridized carbons (Fsp3) is 0.312. The number of para-hydroxylation sites is 1. The van der Waals surface area contributed by atoms with Crippen molar-refractivity contribution in [2.45, 2.75) is 33.0 Å². The molecule has 19 heavy (non-hydrogen) atoms. The molecule has 0 aliphatic heterocycles. The number of hydrogen-bond acceptors (Lipinski definition) is 3. The second-order valence-electron chi connectivity index (χ2n) is 5.02. The molecule has 0 atom stereocenters. The Hall–Kier alpha value is -1.87. The van der Waals surface area contributed by atoms with E-state index in [2.05, 4.69) is 35.9 Å². The first kappa shape index (κ1) is 13.6. The fourth-order valence-corrected chi connectivity index (χ4v) is 2.02. The summed E-state index contributed by atoms with van der Waals surface area (Å²) in [5.74, 6) is 0. The van der Waals surface area contributed by atoms with Crippen molar-refractivity contribution in [2.24, 2.45) is 0 Å². The highest BCUT2D eigenvalue weighted by Gasteiger charge is 2.12. The van der Waals surface area contributed by atoms with Gasteiger partial charge in [-0.05, 0) is 37.6 Å². The molecule has 2 rings (SSSR count). The molecule has 100 valence electrons. The smallest absolute Gasteiger partial charge is 0.0544 e. The van der Waals surface area contributed by atoms with Crippen LogP contribution in [0.5, 0.6) is 0 Å². The zero-order valence-electron chi connectivity index (χ0n) is 11.6. The summed E-state index contributed by atoms with van der Waals surface area (Å²) < 4.78 is 0. The number of nitrogens with zero attached hydrogens (tertiary/aromatic N) is 2. The standard InChI is InChI=1S/C16H21N3/c1-13(2)19(12-15-8-5-6-10-18-15)11-14-7-3-4-9-16(14)17/h3-10,13H,11-12,17H2,1-2H3. The molecule has 0 saturated heterocycles. The number of hydrogen-bond donors (Lipinski definition) is 1. The van der Waals surface area contributed by atoms with Crippen LogP contribution in [0.4, 0.5) is 5.69 Å². The molecule has 0 spiro atoms. The SMILES string of the molecule is CC(C)N(Cc1ccccn1)Cc1ccccc1N. The lowest BCUT2D eigenvalue weighted by Crippen LogP contribution is -2.30. The molecule has 0 amide bonds. The largest absolute Gasteiger partial charge is 0.398 e. The lowest BCUT2D eigenvalue weighted by atomic mass is 10.1. The third kappa shape index (κ3) is 3.80. The van der Waals surface area contributed by atoms with Crippen molar-refractivity contribution in [3.63, 3.8) is 0 Å². The molecule has 0 aliphatic carbocycles. The molecular weight excluding hydrogens is 234 g/mol. The molecule has 3 heteroatoms. The van der Waals surface area contributed by atoms with Gasteiger partial charge in [-0.2, -0.15) is 0 Å². The van der Waals surface area contributed by atoms with Crippen molar-refractivity contribution < 1.29 is 0 Å². The molecule has 0 radical (unpaired) electrons. The van der Waals surface area contributed by atoms with E-state index in [0.29, 0.717) is 6.04 Å². The topological polar surface area (TPSA) is 42.2 Å². The monoisotopic (exact) mass is 255 g/mol. The van der Waals surface area contributed by atoms with Crippen LogP contribution in [-0.4, -0.2) is 15.9 Å². The van der Waals surface area contributed by atoms with Crippen molar-refractivity contribution in [3.05, 3.63) is 59.9 Å². The lowest BCUT2D eigenvalue weighted by Gasteiger charge is -2.26. The van der Waals surface area contributed by atoms with E-state index in [-0.39, 0.29) is 0 Å². The van der Waals surface area contributed by atoms with Crippen LogP contribution in [0.3, 0.4) is 0 Å². The Morgan fingerprint density at radius 2 is 1.79 bits per heavy atom. The van der Waals surface area contributed by atoms with Crippen LogP contribution in [0.1, 0.15) is 25.1 Å². The third-order valence-electron chi connectivity index (χ3n) is 3.25. The summed E-state index contributed by atoms with van der Waals surface area (Å²) in [5.41, 5.74) is 9.14. The number of pyridine rings is 1. The van der Waals surface area contributed by atoms with Crippen LogP contribution < -0.4 is 5.73 Å². The van der Waals surface area contributed by atoms with Gasteiger partial charge in [-0.3, -0.25) is 9.88 Å². The van der Waals surface area contributed by atoms with E-state index in [0.717, 1.165) is 24.5 Å². The zero-order valence-corrected chi connectivity index (χ0v) is 11.6. The predicted molar refractivity (Wildman–Crippen MR) is 79.5 cm³/mol. The van der Waals surface area contributed by atoms with Gasteiger partial charge in [0.1, 0.15) is 0 Å². The van der Waals surface area contributed by atoms with Gasteiger partial charge in [-0.15, -0.1) is 0 Å². The van der Waals surface area contributed by atoms with Crippen LogP contribution in [0.25, 0.3) is 0 Å². The predicted octanol–water partition coefficient (Wildman–Crippen LogP) is 3.07. The van der Waals surface area contributed by atoms with E-state index < -0.39 is 0 Å². The van der Waals surface area contributed by atoms with E-state index in [4.69, 9.17) is 5.73 Å². The number of nitrogen functional groups attached to an aromatic ring is 1. The average Bonchev–Trinajstić information content (AvgIpc) is 2.41. The van der Waals surface area contributed by atoms with Crippen molar-refractivity contribution in [3.8, 4) is 0 Å². The Balaban J connectivity index is 2.11. The maximum atomic E-state index is 6.02. The molecule has 2 aromatic rings. The van der Waals surface area contributed by atoms with Crippen molar-refractivity contribution in [1.82, 2.24) is 9.88 Å². The highest BCUT2D eigenvalue weighted by Crippen LogP contribution is 2.16. The van der Waals surface area contributed by atoms with Gasteiger partial charge < -0.3 is 5.73 Å². The van der Waals surface area contributed by atoms with Gasteiger partial charge in [0, 0.05) is 31.0 Å². The van der Waals surface area contributed by atoms with Gasteiger partial charge in [0.05, 0.1) is 5.69 Å². The summed E-state index contributed by atoms with van der Waals surface area (Å²) >= 11 is 0. The van der Waals surface area contributed by atoms with Crippen LogP contribution in [0.15, 0.2) is 48.7 Å². The number of anilines is 1. The van der Waals surface area contributed by atoms with Crippen LogP contribution in [0, 0.1) is 0 Å². The van der Waals surface area contributed by atoms with E-state index >= 15 is 0 Å². The maximum absolute atomic E-state index is 6.02. The summed E-state index contributed by atoms with van der Waals surface area (Å²) in [6.07, 6.45) is 1.84. The summed E-state index contributed by atoms with van der Waals surface area (Å²) in [6.45, 7) is 6.08. The minimum Gasteiger partial charge on any atom is -0.398 e. The molecule has 0 aliphatic rings. The van der Waals surface area contributed by atoms with E-state index in [1.54, 1.807) is 0 Å². The normalized spacial score (nSPS) is 11.2. The molecule has 3 nitrogen and oxygen atoms in total. The Kier molecular flexibility index (Phi) is 4.53. The van der Waals surface area contributed by atoms with E-state index in [1.165, 1.54) is 5.56 Å². The van der Waals surface area contributed by atoms with Crippen molar-refractivity contribution in [2.75, 3.05) is 5.73 Å². The van der Waals surface area contributed by atoms with E-state index in [9.17, 15) is 0 Å². The second kappa shape index (κ2) is 6.34. The lowest BCUT2D eigenvalue weighted by molar-refractivity contribution is 0.201. The third-order valence-corrected chi connectivity index (χ3v) is 3.25. The Morgan fingerprint density at radius 1 is 1.05 bits per heavy atom. The number of nitrogens with two attached hydrogens (primary N) is 1. The van der Waals surface area contributed by atoms with Crippen molar-refractivity contribution in [1.29, 1.82) is 0 Å². The number of benzene rings is 1. The average molecular weight is 255 g/mol. The summed E-state index contributed by atoms with van der Waals surface area (Å²) in [6, 6.07) is 14.5. The fourth-order valence-electron chi connectivity index (χ4n) is 2.02. The first-order valence-electron chi connectivity index (χ1n) is 6.64. The number of aromatic nitrogens is 1. The quantitative estimate of drug-likeness (QED) is 0.835. The summed E-state index contributed by atoms with van der Waals surface area (Å²) in [7, 11) is 0. The molecule has 0 saturated carbocycles. The first-order chi connectivity index (χ1) is 9.16. The Morgan fingerprint density at radius 3 is 2.42 bits per heavy atom. The molecule has 2 N–H and O–H groups in total. The molecule has 0 fully saturated rings. The molecule has 0 bridgehead atoms. The molecular formula is C16H21N3. The van der Waals surface area contributed by atoms with Crippen LogP contribution in [-0.2, 0) is 13.1 Å². The minimum absolute atomic E-state index is 0.446. The maximum Gasteiger partial charge on any atom is 0.0544 e. The molecule has 1 heterocycles. The van der Waals surface area contributed by atoms with Gasteiger partial charge in [0.25, 0.3) is 0 Å². The Labute approximate surface area is 115 Å². The minimum atomic E-state index is 0.446. The van der Waals surface area contributed by atoms with Gasteiger partial charge in [0.15, 0.2) is 0 Å². The van der Waals surface area contributed by atoms with Gasteiger partial charge in [-0.1, -0.05) is 24.3 Å². The van der Waals surface area contributed by atoms with Crippen molar-refractivity contribution >= 4 is 5.69 Å². The first-order valence-corrected chi connectivity index (χ1v) is 6.64. The summed E-state index contributed by atoms with van der Waals surface area (Å²) in [4.78, 5) is 6.76. The second-order valence-corrected chi connectivity index (χ2v) is 5.02. The van der Waals surface area contributed by atoms with Crippen LogP contribution in [0.2, 0.25) is 0 Å². The molecule has 0 unspecified atom stereocenters. The highest BCUT2D eigenvalue weighted by molar-refractivity contribution is 5.46. The highest BCUT2D eigenvalue weighted by atomic mass is 15.1. The Bertz CT molecular complexity index is 508. The molecule has 1 aromatic carbocycles. The van der Waals surface area contributed by atoms with Crippen LogP contribution >= 0.6 is 0 Å². The molecule has 1 aromatic heterocycles. The zero-order chi connectivity index (χ0) is 13.7. The summed E-state index contributed by atoms with van der Waals surface area (Å²) in [5, 5.41) is 0. The van der Waals surface area contributed by atoms with Gasteiger partial charge in [-0.25, -0.2) is 0 Å². The van der Waals surface area contributed by atoms with Gasteiger partial charge in [0.2, 0.25) is 0 Å². The number of rotatable bonds is 5. The van der Waals surface area contributed by atoms with E-state index in [1.807, 2.05) is 36.5 Å².